The van der Waals surface area contributed by atoms with Crippen LogP contribution in [-0.2, 0) is 21.6 Å². The van der Waals surface area contributed by atoms with Crippen LogP contribution in [0, 0.1) is 0 Å². The second-order valence-corrected chi connectivity index (χ2v) is 14.5. The van der Waals surface area contributed by atoms with Gasteiger partial charge in [0.25, 0.3) is 0 Å². The summed E-state index contributed by atoms with van der Waals surface area (Å²) in [7, 11) is -0.253. The lowest BCUT2D eigenvalue weighted by Gasteiger charge is -2.38. The number of rotatable bonds is 6. The van der Waals surface area contributed by atoms with Crippen LogP contribution in [0.15, 0.2) is 36.7 Å². The van der Waals surface area contributed by atoms with E-state index in [2.05, 4.69) is 66.1 Å². The highest BCUT2D eigenvalue weighted by molar-refractivity contribution is 6.74. The first-order valence-corrected chi connectivity index (χ1v) is 13.9. The van der Waals surface area contributed by atoms with Crippen LogP contribution in [0.2, 0.25) is 11.6 Å². The molecule has 0 spiro atoms. The maximum Gasteiger partial charge on any atom is 0.201 e. The van der Waals surface area contributed by atoms with Gasteiger partial charge in [-0.2, -0.15) is 0 Å². The van der Waals surface area contributed by atoms with E-state index in [4.69, 9.17) is 14.1 Å². The van der Waals surface area contributed by atoms with Gasteiger partial charge in [-0.1, -0.05) is 51.1 Å². The predicted molar refractivity (Wildman–Crippen MR) is 125 cm³/mol. The lowest BCUT2D eigenvalue weighted by atomic mass is 10.1. The molecule has 1 saturated heterocycles. The molecule has 0 radical (unpaired) electrons. The zero-order valence-corrected chi connectivity index (χ0v) is 20.4. The van der Waals surface area contributed by atoms with Crippen LogP contribution in [-0.4, -0.2) is 41.6 Å². The van der Waals surface area contributed by atoms with Crippen LogP contribution < -0.4 is 0 Å². The molecular weight excluding hydrogens is 404 g/mol. The number of hydrogen-bond acceptors (Lipinski definition) is 5. The van der Waals surface area contributed by atoms with Crippen LogP contribution in [0.1, 0.15) is 63.3 Å². The van der Waals surface area contributed by atoms with E-state index in [9.17, 15) is 0 Å². The van der Waals surface area contributed by atoms with Crippen LogP contribution in [0.5, 0.6) is 0 Å². The van der Waals surface area contributed by atoms with Crippen molar-refractivity contribution < 1.29 is 9.16 Å². The topological polar surface area (TPSA) is 62.1 Å². The highest BCUT2D eigenvalue weighted by Gasteiger charge is 2.43. The average molecular weight is 439 g/mol. The van der Waals surface area contributed by atoms with E-state index in [0.29, 0.717) is 0 Å². The van der Waals surface area contributed by atoms with Crippen LogP contribution in [0.25, 0.3) is 11.2 Å². The van der Waals surface area contributed by atoms with Gasteiger partial charge in [0.1, 0.15) is 23.9 Å². The first-order valence-electron chi connectivity index (χ1n) is 11.2. The molecule has 0 aliphatic carbocycles. The zero-order chi connectivity index (χ0) is 22.1. The fraction of sp³-hybridized carbons (Fsp3) is 0.542. The molecule has 0 saturated carbocycles. The summed E-state index contributed by atoms with van der Waals surface area (Å²) in [6.45, 7) is 9.90. The van der Waals surface area contributed by atoms with E-state index in [1.807, 2.05) is 13.2 Å². The minimum Gasteiger partial charge on any atom is -0.419 e. The summed E-state index contributed by atoms with van der Waals surface area (Å²) in [5.41, 5.74) is 3.95. The minimum absolute atomic E-state index is 0.0247. The van der Waals surface area contributed by atoms with Gasteiger partial charge in [0.2, 0.25) is 8.32 Å². The highest BCUT2D eigenvalue weighted by atomic mass is 28.4. The largest absolute Gasteiger partial charge is 0.419 e. The number of aromatic nitrogens is 4. The molecule has 1 fully saturated rings. The second-order valence-electron chi connectivity index (χ2n) is 9.74. The smallest absolute Gasteiger partial charge is 0.201 e. The summed E-state index contributed by atoms with van der Waals surface area (Å²) in [4.78, 5) is 14.4. The van der Waals surface area contributed by atoms with Crippen molar-refractivity contribution in [2.24, 2.45) is 0 Å². The molecule has 1 aliphatic heterocycles. The summed E-state index contributed by atoms with van der Waals surface area (Å²) < 4.78 is 14.6. The number of benzene rings is 1. The molecule has 1 aromatic carbocycles. The van der Waals surface area contributed by atoms with Crippen LogP contribution >= 0.6 is 0 Å². The quantitative estimate of drug-likeness (QED) is 0.494. The van der Waals surface area contributed by atoms with Gasteiger partial charge in [-0.05, 0) is 36.4 Å². The molecule has 6 nitrogen and oxygen atoms in total. The SMILES string of the molecule is CO[Si](C)(Cc1nc2c(Cc3ccccc3)ncnc2n1C1CCCCO1)C(C)(C)C. The Kier molecular flexibility index (Phi) is 6.28. The molecule has 2 atom stereocenters. The van der Waals surface area contributed by atoms with Crippen molar-refractivity contribution >= 4 is 19.5 Å². The Hall–Kier alpha value is -2.09. The van der Waals surface area contributed by atoms with E-state index >= 15 is 0 Å². The molecule has 1 aliphatic rings. The Morgan fingerprint density at radius 3 is 2.58 bits per heavy atom. The first-order chi connectivity index (χ1) is 14.8. The molecule has 166 valence electrons. The molecule has 3 heterocycles. The molecule has 2 aromatic heterocycles. The van der Waals surface area contributed by atoms with E-state index in [-0.39, 0.29) is 11.3 Å². The minimum atomic E-state index is -2.10. The van der Waals surface area contributed by atoms with Crippen molar-refractivity contribution in [3.8, 4) is 0 Å². The van der Waals surface area contributed by atoms with Gasteiger partial charge in [0.15, 0.2) is 5.65 Å². The van der Waals surface area contributed by atoms with Crippen LogP contribution in [0.4, 0.5) is 0 Å². The monoisotopic (exact) mass is 438 g/mol. The summed E-state index contributed by atoms with van der Waals surface area (Å²) in [6, 6.07) is 11.2. The fourth-order valence-electron chi connectivity index (χ4n) is 4.22. The third kappa shape index (κ3) is 4.45. The average Bonchev–Trinajstić information content (AvgIpc) is 3.13. The van der Waals surface area contributed by atoms with Gasteiger partial charge >= 0.3 is 0 Å². The fourth-order valence-corrected chi connectivity index (χ4v) is 6.36. The zero-order valence-electron chi connectivity index (χ0n) is 19.4. The van der Waals surface area contributed by atoms with Crippen molar-refractivity contribution in [3.05, 3.63) is 53.7 Å². The Morgan fingerprint density at radius 1 is 1.16 bits per heavy atom. The van der Waals surface area contributed by atoms with E-state index in [1.165, 1.54) is 5.56 Å². The summed E-state index contributed by atoms with van der Waals surface area (Å²) in [5, 5.41) is 0.0800. The maximum atomic E-state index is 6.20. The molecule has 7 heteroatoms. The number of imidazole rings is 1. The summed E-state index contributed by atoms with van der Waals surface area (Å²) in [5.74, 6) is 1.02. The van der Waals surface area contributed by atoms with Crippen molar-refractivity contribution in [2.45, 2.75) is 70.3 Å². The molecular formula is C24H34N4O2Si. The van der Waals surface area contributed by atoms with Gasteiger partial charge in [0, 0.05) is 26.2 Å². The molecule has 0 amide bonds. The molecule has 2 unspecified atom stereocenters. The Bertz CT molecular complexity index is 1030. The van der Waals surface area contributed by atoms with E-state index in [0.717, 1.165) is 61.0 Å². The van der Waals surface area contributed by atoms with E-state index < -0.39 is 8.32 Å². The molecule has 31 heavy (non-hydrogen) atoms. The van der Waals surface area contributed by atoms with Crippen molar-refractivity contribution in [1.29, 1.82) is 0 Å². The van der Waals surface area contributed by atoms with Gasteiger partial charge in [-0.3, -0.25) is 4.57 Å². The lowest BCUT2D eigenvalue weighted by Crippen LogP contribution is -2.46. The van der Waals surface area contributed by atoms with Gasteiger partial charge in [0.05, 0.1) is 5.69 Å². The Morgan fingerprint density at radius 2 is 1.94 bits per heavy atom. The van der Waals surface area contributed by atoms with Crippen molar-refractivity contribution in [1.82, 2.24) is 19.5 Å². The second kappa shape index (κ2) is 8.80. The summed E-state index contributed by atoms with van der Waals surface area (Å²) in [6.07, 6.45) is 5.63. The maximum absolute atomic E-state index is 6.20. The lowest BCUT2D eigenvalue weighted by molar-refractivity contribution is -0.0311. The first kappa shape index (κ1) is 22.1. The van der Waals surface area contributed by atoms with Crippen molar-refractivity contribution in [2.75, 3.05) is 13.7 Å². The van der Waals surface area contributed by atoms with E-state index in [1.54, 1.807) is 6.33 Å². The van der Waals surface area contributed by atoms with Crippen molar-refractivity contribution in [3.63, 3.8) is 0 Å². The molecule has 0 bridgehead atoms. The van der Waals surface area contributed by atoms with Gasteiger partial charge in [-0.25, -0.2) is 15.0 Å². The molecule has 0 N–H and O–H groups in total. The number of hydrogen-bond donors (Lipinski definition) is 0. The predicted octanol–water partition coefficient (Wildman–Crippen LogP) is 5.22. The third-order valence-electron chi connectivity index (χ3n) is 6.82. The van der Waals surface area contributed by atoms with Crippen LogP contribution in [0.3, 0.4) is 0 Å². The number of nitrogens with zero attached hydrogens (tertiary/aromatic N) is 4. The van der Waals surface area contributed by atoms with Gasteiger partial charge in [-0.15, -0.1) is 0 Å². The number of ether oxygens (including phenoxy) is 1. The number of fused-ring (bicyclic) bond motifs is 1. The Balaban J connectivity index is 1.82. The van der Waals surface area contributed by atoms with Gasteiger partial charge < -0.3 is 9.16 Å². The molecule has 3 aromatic rings. The highest BCUT2D eigenvalue weighted by Crippen LogP contribution is 2.40. The standard InChI is InChI=1S/C24H34N4O2Si/c1-24(2,3)31(5,29-4)16-20-27-22-19(15-18-11-7-6-8-12-18)25-17-26-23(22)28(20)21-13-9-10-14-30-21/h6-8,11-12,17,21H,9-10,13-16H2,1-5H3. The third-order valence-corrected chi connectivity index (χ3v) is 11.9. The molecule has 4 rings (SSSR count). The Labute approximate surface area is 186 Å². The normalized spacial score (nSPS) is 19.5. The summed E-state index contributed by atoms with van der Waals surface area (Å²) >= 11 is 0.